The van der Waals surface area contributed by atoms with Gasteiger partial charge < -0.3 is 4.90 Å². The summed E-state index contributed by atoms with van der Waals surface area (Å²) in [6.07, 6.45) is 3.50. The minimum absolute atomic E-state index is 0.217. The zero-order valence-electron chi connectivity index (χ0n) is 18.7. The fourth-order valence-corrected chi connectivity index (χ4v) is 5.51. The third kappa shape index (κ3) is 4.49. The van der Waals surface area contributed by atoms with Crippen LogP contribution in [-0.4, -0.2) is 41.9 Å². The molecule has 0 N–H and O–H groups in total. The van der Waals surface area contributed by atoms with Gasteiger partial charge in [-0.1, -0.05) is 91.0 Å². The lowest BCUT2D eigenvalue weighted by Crippen LogP contribution is -2.42. The molecule has 1 spiro atoms. The first-order valence-electron chi connectivity index (χ1n) is 11.9. The second kappa shape index (κ2) is 9.30. The zero-order valence-corrected chi connectivity index (χ0v) is 18.7. The van der Waals surface area contributed by atoms with Crippen molar-refractivity contribution >= 4 is 5.91 Å². The monoisotopic (exact) mass is 424 g/mol. The minimum atomic E-state index is -0.217. The van der Waals surface area contributed by atoms with Crippen molar-refractivity contribution in [3.63, 3.8) is 0 Å². The molecule has 2 aliphatic heterocycles. The van der Waals surface area contributed by atoms with E-state index in [1.807, 2.05) is 36.4 Å². The van der Waals surface area contributed by atoms with E-state index in [4.69, 9.17) is 0 Å². The third-order valence-electron chi connectivity index (χ3n) is 7.43. The van der Waals surface area contributed by atoms with Crippen LogP contribution in [0.5, 0.6) is 0 Å². The summed E-state index contributed by atoms with van der Waals surface area (Å²) >= 11 is 0. The van der Waals surface area contributed by atoms with Crippen LogP contribution in [-0.2, 0) is 11.3 Å². The van der Waals surface area contributed by atoms with E-state index >= 15 is 0 Å². The van der Waals surface area contributed by atoms with E-state index in [1.54, 1.807) is 0 Å². The molecule has 0 saturated carbocycles. The molecule has 2 fully saturated rings. The summed E-state index contributed by atoms with van der Waals surface area (Å²) in [4.78, 5) is 18.5. The predicted octanol–water partition coefficient (Wildman–Crippen LogP) is 5.33. The first kappa shape index (κ1) is 21.0. The van der Waals surface area contributed by atoms with Crippen molar-refractivity contribution < 1.29 is 4.79 Å². The highest BCUT2D eigenvalue weighted by Crippen LogP contribution is 2.42. The summed E-state index contributed by atoms with van der Waals surface area (Å²) in [6, 6.07) is 31.3. The van der Waals surface area contributed by atoms with Crippen molar-refractivity contribution in [2.24, 2.45) is 5.41 Å². The zero-order chi connectivity index (χ0) is 21.8. The van der Waals surface area contributed by atoms with Gasteiger partial charge in [0.25, 0.3) is 0 Å². The van der Waals surface area contributed by atoms with E-state index in [0.29, 0.717) is 5.41 Å². The van der Waals surface area contributed by atoms with E-state index in [0.717, 1.165) is 50.3 Å². The Kier molecular flexibility index (Phi) is 6.09. The highest BCUT2D eigenvalue weighted by Gasteiger charge is 2.43. The van der Waals surface area contributed by atoms with Crippen LogP contribution in [0, 0.1) is 5.41 Å². The van der Waals surface area contributed by atoms with Crippen LogP contribution in [0.25, 0.3) is 0 Å². The summed E-state index contributed by atoms with van der Waals surface area (Å²) in [5.41, 5.74) is 3.85. The predicted molar refractivity (Wildman–Crippen MR) is 129 cm³/mol. The van der Waals surface area contributed by atoms with E-state index in [-0.39, 0.29) is 11.8 Å². The third-order valence-corrected chi connectivity index (χ3v) is 7.43. The van der Waals surface area contributed by atoms with Gasteiger partial charge in [-0.25, -0.2) is 0 Å². The van der Waals surface area contributed by atoms with Crippen molar-refractivity contribution in [2.45, 2.75) is 31.7 Å². The summed E-state index contributed by atoms with van der Waals surface area (Å²) in [5.74, 6) is 0.0386. The summed E-state index contributed by atoms with van der Waals surface area (Å²) in [6.45, 7) is 5.06. The Balaban J connectivity index is 1.27. The van der Waals surface area contributed by atoms with Crippen LogP contribution in [0.4, 0.5) is 0 Å². The fourth-order valence-electron chi connectivity index (χ4n) is 5.51. The van der Waals surface area contributed by atoms with Crippen molar-refractivity contribution in [1.82, 2.24) is 9.80 Å². The number of piperidine rings is 1. The van der Waals surface area contributed by atoms with E-state index < -0.39 is 0 Å². The van der Waals surface area contributed by atoms with Gasteiger partial charge in [-0.3, -0.25) is 9.69 Å². The van der Waals surface area contributed by atoms with Crippen LogP contribution in [0.2, 0.25) is 0 Å². The Morgan fingerprint density at radius 3 is 1.78 bits per heavy atom. The molecule has 5 rings (SSSR count). The van der Waals surface area contributed by atoms with Crippen LogP contribution in [0.3, 0.4) is 0 Å². The maximum atomic E-state index is 13.8. The number of carbonyl (C=O) groups excluding carboxylic acids is 1. The van der Waals surface area contributed by atoms with E-state index in [1.165, 1.54) is 18.4 Å². The Labute approximate surface area is 191 Å². The largest absolute Gasteiger partial charge is 0.341 e. The Bertz CT molecular complexity index is 971. The average molecular weight is 425 g/mol. The fraction of sp³-hybridized carbons (Fsp3) is 0.345. The van der Waals surface area contributed by atoms with Crippen LogP contribution in [0.1, 0.15) is 41.9 Å². The van der Waals surface area contributed by atoms with Gasteiger partial charge in [-0.2, -0.15) is 0 Å². The molecular formula is C29H32N2O. The molecule has 0 radical (unpaired) electrons. The van der Waals surface area contributed by atoms with Crippen LogP contribution in [0.15, 0.2) is 91.0 Å². The lowest BCUT2D eigenvalue weighted by molar-refractivity contribution is -0.131. The topological polar surface area (TPSA) is 23.6 Å². The molecule has 3 aromatic rings. The van der Waals surface area contributed by atoms with E-state index in [9.17, 15) is 4.79 Å². The van der Waals surface area contributed by atoms with Gasteiger partial charge in [0.2, 0.25) is 5.91 Å². The van der Waals surface area contributed by atoms with Crippen molar-refractivity contribution in [2.75, 3.05) is 26.2 Å². The maximum absolute atomic E-state index is 13.8. The molecule has 32 heavy (non-hydrogen) atoms. The molecule has 2 aliphatic rings. The molecule has 0 aliphatic carbocycles. The Morgan fingerprint density at radius 1 is 0.719 bits per heavy atom. The van der Waals surface area contributed by atoms with Crippen LogP contribution >= 0.6 is 0 Å². The second-order valence-corrected chi connectivity index (χ2v) is 9.53. The number of benzene rings is 3. The molecule has 0 aromatic heterocycles. The SMILES string of the molecule is O=C(C(c1ccccc1)c1ccccc1)N1CCC2(CCN(Cc3ccccc3)CC2)C1. The second-order valence-electron chi connectivity index (χ2n) is 9.53. The molecule has 3 nitrogen and oxygen atoms in total. The Morgan fingerprint density at radius 2 is 1.22 bits per heavy atom. The Hall–Kier alpha value is -2.91. The number of hydrogen-bond donors (Lipinski definition) is 0. The first-order valence-corrected chi connectivity index (χ1v) is 11.9. The normalized spacial score (nSPS) is 18.3. The maximum Gasteiger partial charge on any atom is 0.234 e. The molecule has 0 atom stereocenters. The van der Waals surface area contributed by atoms with Gasteiger partial charge in [-0.05, 0) is 54.5 Å². The summed E-state index contributed by atoms with van der Waals surface area (Å²) in [7, 11) is 0. The van der Waals surface area contributed by atoms with Gasteiger partial charge in [0.15, 0.2) is 0 Å². The molecule has 3 aromatic carbocycles. The summed E-state index contributed by atoms with van der Waals surface area (Å²) < 4.78 is 0. The molecule has 2 saturated heterocycles. The number of nitrogens with zero attached hydrogens (tertiary/aromatic N) is 2. The van der Waals surface area contributed by atoms with Crippen molar-refractivity contribution in [3.8, 4) is 0 Å². The quantitative estimate of drug-likeness (QED) is 0.552. The van der Waals surface area contributed by atoms with E-state index in [2.05, 4.69) is 64.4 Å². The molecule has 0 unspecified atom stereocenters. The van der Waals surface area contributed by atoms with Gasteiger partial charge >= 0.3 is 0 Å². The molecule has 164 valence electrons. The van der Waals surface area contributed by atoms with Gasteiger partial charge in [0.1, 0.15) is 0 Å². The lowest BCUT2D eigenvalue weighted by atomic mass is 9.77. The number of carbonyl (C=O) groups is 1. The average Bonchev–Trinajstić information content (AvgIpc) is 3.27. The van der Waals surface area contributed by atoms with Crippen molar-refractivity contribution in [1.29, 1.82) is 0 Å². The molecule has 0 bridgehead atoms. The number of likely N-dealkylation sites (tertiary alicyclic amines) is 2. The smallest absolute Gasteiger partial charge is 0.234 e. The standard InChI is InChI=1S/C29H32N2O/c32-28(27(25-12-6-2-7-13-25)26-14-8-3-9-15-26)31-21-18-29(23-31)16-19-30(20-17-29)22-24-10-4-1-5-11-24/h1-15,27H,16-23H2. The lowest BCUT2D eigenvalue weighted by Gasteiger charge is -2.39. The number of hydrogen-bond acceptors (Lipinski definition) is 2. The van der Waals surface area contributed by atoms with Crippen LogP contribution < -0.4 is 0 Å². The van der Waals surface area contributed by atoms with Crippen molar-refractivity contribution in [3.05, 3.63) is 108 Å². The van der Waals surface area contributed by atoms with Gasteiger partial charge in [-0.15, -0.1) is 0 Å². The highest BCUT2D eigenvalue weighted by atomic mass is 16.2. The number of rotatable bonds is 5. The number of amides is 1. The summed E-state index contributed by atoms with van der Waals surface area (Å²) in [5, 5.41) is 0. The highest BCUT2D eigenvalue weighted by molar-refractivity contribution is 5.87. The first-order chi connectivity index (χ1) is 15.7. The molecular weight excluding hydrogens is 392 g/mol. The van der Waals surface area contributed by atoms with Gasteiger partial charge in [0, 0.05) is 19.6 Å². The molecule has 2 heterocycles. The molecule has 3 heteroatoms. The van der Waals surface area contributed by atoms with Gasteiger partial charge in [0.05, 0.1) is 5.92 Å². The molecule has 1 amide bonds. The minimum Gasteiger partial charge on any atom is -0.341 e.